The molecule has 4 nitrogen and oxygen atoms in total. The first-order chi connectivity index (χ1) is 12.8. The zero-order valence-corrected chi connectivity index (χ0v) is 15.8. The molecule has 0 saturated heterocycles. The molecule has 0 unspecified atom stereocenters. The van der Waals surface area contributed by atoms with E-state index in [4.69, 9.17) is 0 Å². The number of anilines is 1. The van der Waals surface area contributed by atoms with Crippen LogP contribution >= 0.6 is 11.3 Å². The van der Waals surface area contributed by atoms with Crippen molar-refractivity contribution in [3.63, 3.8) is 0 Å². The zero-order valence-electron chi connectivity index (χ0n) is 14.9. The van der Waals surface area contributed by atoms with Crippen LogP contribution < -0.4 is 5.32 Å². The highest BCUT2D eigenvalue weighted by Gasteiger charge is 2.13. The monoisotopic (exact) mass is 365 g/mol. The van der Waals surface area contributed by atoms with Crippen molar-refractivity contribution in [2.45, 2.75) is 39.0 Å². The van der Waals surface area contributed by atoms with Gasteiger partial charge in [0.2, 0.25) is 5.13 Å². The molecule has 2 aromatic carbocycles. The highest BCUT2D eigenvalue weighted by molar-refractivity contribution is 7.15. The molecule has 0 aliphatic rings. The molecule has 3 aromatic rings. The van der Waals surface area contributed by atoms with Crippen molar-refractivity contribution in [1.82, 2.24) is 10.2 Å². The van der Waals surface area contributed by atoms with E-state index in [1.54, 1.807) is 0 Å². The Morgan fingerprint density at radius 2 is 1.73 bits per heavy atom. The number of amides is 1. The second-order valence-corrected chi connectivity index (χ2v) is 7.26. The summed E-state index contributed by atoms with van der Waals surface area (Å²) in [6.07, 6.45) is 4.86. The van der Waals surface area contributed by atoms with Crippen LogP contribution in [0.25, 0.3) is 0 Å². The summed E-state index contributed by atoms with van der Waals surface area (Å²) in [5.41, 5.74) is 3.02. The van der Waals surface area contributed by atoms with Gasteiger partial charge < -0.3 is 0 Å². The van der Waals surface area contributed by atoms with Gasteiger partial charge in [-0.2, -0.15) is 0 Å². The van der Waals surface area contributed by atoms with E-state index >= 15 is 0 Å². The van der Waals surface area contributed by atoms with Crippen LogP contribution in [0.1, 0.15) is 46.3 Å². The number of hydrogen-bond acceptors (Lipinski definition) is 4. The van der Waals surface area contributed by atoms with Crippen LogP contribution in [-0.4, -0.2) is 16.1 Å². The fourth-order valence-electron chi connectivity index (χ4n) is 2.78. The normalized spacial score (nSPS) is 10.7. The van der Waals surface area contributed by atoms with E-state index in [2.05, 4.69) is 34.6 Å². The van der Waals surface area contributed by atoms with Gasteiger partial charge in [-0.3, -0.25) is 10.1 Å². The summed E-state index contributed by atoms with van der Waals surface area (Å²) in [4.78, 5) is 12.7. The number of nitrogens with zero attached hydrogens (tertiary/aromatic N) is 2. The molecule has 0 saturated carbocycles. The Morgan fingerprint density at radius 1 is 0.962 bits per heavy atom. The van der Waals surface area contributed by atoms with E-state index in [-0.39, 0.29) is 5.91 Å². The van der Waals surface area contributed by atoms with Crippen molar-refractivity contribution < 1.29 is 4.79 Å². The molecule has 0 radical (unpaired) electrons. The van der Waals surface area contributed by atoms with E-state index in [0.717, 1.165) is 42.7 Å². The van der Waals surface area contributed by atoms with Crippen LogP contribution in [0.4, 0.5) is 5.13 Å². The zero-order chi connectivity index (χ0) is 18.2. The Kier molecular flexibility index (Phi) is 6.50. The van der Waals surface area contributed by atoms with Gasteiger partial charge >= 0.3 is 0 Å². The summed E-state index contributed by atoms with van der Waals surface area (Å²) in [7, 11) is 0. The molecule has 0 spiro atoms. The molecule has 0 fully saturated rings. The number of hydrogen-bond donors (Lipinski definition) is 1. The summed E-state index contributed by atoms with van der Waals surface area (Å²) in [6.45, 7) is 2.15. The number of aromatic nitrogens is 2. The van der Waals surface area contributed by atoms with Crippen molar-refractivity contribution in [1.29, 1.82) is 0 Å². The molecular weight excluding hydrogens is 342 g/mol. The molecule has 1 aromatic heterocycles. The lowest BCUT2D eigenvalue weighted by atomic mass is 9.99. The van der Waals surface area contributed by atoms with E-state index in [0.29, 0.717) is 10.7 Å². The molecule has 0 aliphatic heterocycles. The summed E-state index contributed by atoms with van der Waals surface area (Å²) in [6, 6.07) is 18.1. The molecule has 1 N–H and O–H groups in total. The number of nitrogens with one attached hydrogen (secondary N) is 1. The van der Waals surface area contributed by atoms with Crippen LogP contribution in [0, 0.1) is 0 Å². The lowest BCUT2D eigenvalue weighted by molar-refractivity contribution is 0.102. The Bertz CT molecular complexity index is 845. The van der Waals surface area contributed by atoms with Crippen molar-refractivity contribution >= 4 is 22.4 Å². The molecule has 1 amide bonds. The van der Waals surface area contributed by atoms with E-state index < -0.39 is 0 Å². The smallest absolute Gasteiger partial charge is 0.257 e. The molecule has 26 heavy (non-hydrogen) atoms. The predicted molar refractivity (Wildman–Crippen MR) is 107 cm³/mol. The van der Waals surface area contributed by atoms with Crippen molar-refractivity contribution in [3.8, 4) is 0 Å². The highest BCUT2D eigenvalue weighted by atomic mass is 32.1. The van der Waals surface area contributed by atoms with E-state index in [1.165, 1.54) is 16.9 Å². The minimum absolute atomic E-state index is 0.119. The van der Waals surface area contributed by atoms with Crippen LogP contribution in [0.3, 0.4) is 0 Å². The standard InChI is InChI=1S/C21H23N3OS/c1-2-3-13-19-23-24-21(26-19)22-20(25)18-12-8-7-11-17(18)15-14-16-9-5-4-6-10-16/h4-12H,2-3,13-15H2,1H3,(H,22,24,25). The first-order valence-electron chi connectivity index (χ1n) is 9.02. The lowest BCUT2D eigenvalue weighted by Gasteiger charge is -2.09. The minimum Gasteiger partial charge on any atom is -0.296 e. The predicted octanol–water partition coefficient (Wildman–Crippen LogP) is 4.92. The van der Waals surface area contributed by atoms with Gasteiger partial charge in [0.05, 0.1) is 0 Å². The van der Waals surface area contributed by atoms with Crippen molar-refractivity contribution in [2.75, 3.05) is 5.32 Å². The maximum absolute atomic E-state index is 12.7. The molecule has 134 valence electrons. The van der Waals surface area contributed by atoms with Gasteiger partial charge in [0.1, 0.15) is 5.01 Å². The summed E-state index contributed by atoms with van der Waals surface area (Å²) >= 11 is 1.46. The van der Waals surface area contributed by atoms with E-state index in [9.17, 15) is 4.79 Å². The summed E-state index contributed by atoms with van der Waals surface area (Å²) in [5, 5.41) is 12.7. The number of rotatable bonds is 8. The quantitative estimate of drug-likeness (QED) is 0.616. The van der Waals surface area contributed by atoms with Gasteiger partial charge in [0, 0.05) is 12.0 Å². The fraction of sp³-hybridized carbons (Fsp3) is 0.286. The number of aryl methyl sites for hydroxylation is 3. The van der Waals surface area contributed by atoms with Crippen molar-refractivity contribution in [2.24, 2.45) is 0 Å². The molecule has 0 atom stereocenters. The molecule has 0 bridgehead atoms. The number of benzene rings is 2. The summed E-state index contributed by atoms with van der Waals surface area (Å²) < 4.78 is 0. The van der Waals surface area contributed by atoms with Gasteiger partial charge in [-0.05, 0) is 36.5 Å². The summed E-state index contributed by atoms with van der Waals surface area (Å²) in [5.74, 6) is -0.119. The van der Waals surface area contributed by atoms with Crippen LogP contribution in [0.15, 0.2) is 54.6 Å². The number of unbranched alkanes of at least 4 members (excludes halogenated alkanes) is 1. The van der Waals surface area contributed by atoms with Crippen LogP contribution in [0.2, 0.25) is 0 Å². The van der Waals surface area contributed by atoms with Crippen LogP contribution in [0.5, 0.6) is 0 Å². The SMILES string of the molecule is CCCCc1nnc(NC(=O)c2ccccc2CCc2ccccc2)s1. The highest BCUT2D eigenvalue weighted by Crippen LogP contribution is 2.19. The average molecular weight is 366 g/mol. The van der Waals surface area contributed by atoms with Gasteiger partial charge in [0.25, 0.3) is 5.91 Å². The number of carbonyl (C=O) groups is 1. The lowest BCUT2D eigenvalue weighted by Crippen LogP contribution is -2.14. The Labute approximate surface area is 158 Å². The second-order valence-electron chi connectivity index (χ2n) is 6.20. The third-order valence-corrected chi connectivity index (χ3v) is 5.12. The first-order valence-corrected chi connectivity index (χ1v) is 9.83. The number of carbonyl (C=O) groups excluding carboxylic acids is 1. The maximum atomic E-state index is 12.7. The fourth-order valence-corrected chi connectivity index (χ4v) is 3.56. The third kappa shape index (κ3) is 4.99. The van der Waals surface area contributed by atoms with Gasteiger partial charge in [-0.25, -0.2) is 0 Å². The van der Waals surface area contributed by atoms with Crippen LogP contribution in [-0.2, 0) is 19.3 Å². The third-order valence-electron chi connectivity index (χ3n) is 4.22. The first kappa shape index (κ1) is 18.3. The maximum Gasteiger partial charge on any atom is 0.257 e. The molecule has 1 heterocycles. The minimum atomic E-state index is -0.119. The van der Waals surface area contributed by atoms with Gasteiger partial charge in [-0.15, -0.1) is 10.2 Å². The van der Waals surface area contributed by atoms with Gasteiger partial charge in [-0.1, -0.05) is 73.2 Å². The average Bonchev–Trinajstić information content (AvgIpc) is 3.13. The van der Waals surface area contributed by atoms with E-state index in [1.807, 2.05) is 42.5 Å². The second kappa shape index (κ2) is 9.25. The molecular formula is C21H23N3OS. The topological polar surface area (TPSA) is 54.9 Å². The van der Waals surface area contributed by atoms with Crippen molar-refractivity contribution in [3.05, 3.63) is 76.3 Å². The Balaban J connectivity index is 1.66. The Morgan fingerprint density at radius 3 is 2.54 bits per heavy atom. The van der Waals surface area contributed by atoms with Gasteiger partial charge in [0.15, 0.2) is 0 Å². The Hall–Kier alpha value is -2.53. The molecule has 0 aliphatic carbocycles. The molecule has 5 heteroatoms. The largest absolute Gasteiger partial charge is 0.296 e. The molecule has 3 rings (SSSR count).